The van der Waals surface area contributed by atoms with E-state index in [0.29, 0.717) is 6.42 Å². The van der Waals surface area contributed by atoms with Gasteiger partial charge in [-0.25, -0.2) is 0 Å². The summed E-state index contributed by atoms with van der Waals surface area (Å²) < 4.78 is 39.2. The average Bonchev–Trinajstić information content (AvgIpc) is 3.14. The molecule has 1 aromatic carbocycles. The maximum Gasteiger partial charge on any atom is 0.416 e. The van der Waals surface area contributed by atoms with Crippen molar-refractivity contribution < 1.29 is 13.2 Å². The molecular formula is C22H33F3N2. The second-order valence-electron chi connectivity index (χ2n) is 9.31. The Balaban J connectivity index is 1.79. The molecule has 5 heteroatoms. The molecule has 0 N–H and O–H groups in total. The van der Waals surface area contributed by atoms with Crippen molar-refractivity contribution in [2.45, 2.75) is 76.6 Å². The van der Waals surface area contributed by atoms with Gasteiger partial charge in [0.25, 0.3) is 0 Å². The molecular weight excluding hydrogens is 349 g/mol. The molecule has 2 aliphatic rings. The number of hydrogen-bond acceptors (Lipinski definition) is 2. The molecule has 27 heavy (non-hydrogen) atoms. The van der Waals surface area contributed by atoms with Gasteiger partial charge in [0.2, 0.25) is 0 Å². The van der Waals surface area contributed by atoms with Crippen molar-refractivity contribution in [2.75, 3.05) is 26.2 Å². The maximum atomic E-state index is 13.1. The van der Waals surface area contributed by atoms with Gasteiger partial charge in [-0.1, -0.05) is 18.2 Å². The van der Waals surface area contributed by atoms with Gasteiger partial charge in [0, 0.05) is 17.6 Å². The van der Waals surface area contributed by atoms with Crippen molar-refractivity contribution in [1.82, 2.24) is 9.80 Å². The van der Waals surface area contributed by atoms with Crippen LogP contribution in [0.4, 0.5) is 13.2 Å². The predicted octanol–water partition coefficient (Wildman–Crippen LogP) is 5.37. The second kappa shape index (κ2) is 7.75. The quantitative estimate of drug-likeness (QED) is 0.691. The van der Waals surface area contributed by atoms with Crippen molar-refractivity contribution in [1.29, 1.82) is 0 Å². The smallest absolute Gasteiger partial charge is 0.297 e. The van der Waals surface area contributed by atoms with Gasteiger partial charge in [-0.2, -0.15) is 13.2 Å². The summed E-state index contributed by atoms with van der Waals surface area (Å²) in [7, 11) is 0. The van der Waals surface area contributed by atoms with Crippen molar-refractivity contribution in [3.8, 4) is 0 Å². The number of aryl methyl sites for hydroxylation is 1. The maximum absolute atomic E-state index is 13.1. The molecule has 0 spiro atoms. The Bertz CT molecular complexity index is 629. The number of likely N-dealkylation sites (tertiary alicyclic amines) is 2. The van der Waals surface area contributed by atoms with Gasteiger partial charge in [-0.15, -0.1) is 0 Å². The molecule has 0 radical (unpaired) electrons. The molecule has 2 nitrogen and oxygen atoms in total. The van der Waals surface area contributed by atoms with Gasteiger partial charge in [0.15, 0.2) is 0 Å². The third-order valence-corrected chi connectivity index (χ3v) is 6.41. The first-order chi connectivity index (χ1) is 12.6. The lowest BCUT2D eigenvalue weighted by molar-refractivity contribution is -0.137. The van der Waals surface area contributed by atoms with E-state index in [4.69, 9.17) is 0 Å². The molecule has 2 fully saturated rings. The number of rotatable bonds is 4. The van der Waals surface area contributed by atoms with E-state index >= 15 is 0 Å². The third-order valence-electron chi connectivity index (χ3n) is 6.41. The Morgan fingerprint density at radius 3 is 2.33 bits per heavy atom. The highest BCUT2D eigenvalue weighted by molar-refractivity contribution is 5.26. The highest BCUT2D eigenvalue weighted by Crippen LogP contribution is 2.37. The number of alkyl halides is 3. The van der Waals surface area contributed by atoms with Crippen LogP contribution in [0.1, 0.15) is 64.0 Å². The van der Waals surface area contributed by atoms with Crippen molar-refractivity contribution >= 4 is 0 Å². The van der Waals surface area contributed by atoms with Crippen LogP contribution < -0.4 is 0 Å². The Labute approximate surface area is 161 Å². The summed E-state index contributed by atoms with van der Waals surface area (Å²) in [6.07, 6.45) is 2.16. The molecule has 0 unspecified atom stereocenters. The first kappa shape index (κ1) is 20.7. The van der Waals surface area contributed by atoms with Crippen LogP contribution in [0.5, 0.6) is 0 Å². The van der Waals surface area contributed by atoms with E-state index in [2.05, 4.69) is 30.6 Å². The van der Waals surface area contributed by atoms with Gasteiger partial charge in [0.1, 0.15) is 0 Å². The van der Waals surface area contributed by atoms with Crippen LogP contribution in [0.3, 0.4) is 0 Å². The van der Waals surface area contributed by atoms with Crippen LogP contribution in [-0.4, -0.2) is 47.1 Å². The van der Waals surface area contributed by atoms with Crippen LogP contribution in [0.15, 0.2) is 24.3 Å². The number of nitrogens with zero attached hydrogens (tertiary/aromatic N) is 2. The molecule has 2 heterocycles. The van der Waals surface area contributed by atoms with E-state index in [0.717, 1.165) is 51.0 Å². The second-order valence-corrected chi connectivity index (χ2v) is 9.31. The highest BCUT2D eigenvalue weighted by atomic mass is 19.4. The van der Waals surface area contributed by atoms with E-state index < -0.39 is 11.7 Å². The minimum atomic E-state index is -4.27. The molecule has 1 atom stereocenters. The molecule has 0 saturated carbocycles. The van der Waals surface area contributed by atoms with E-state index in [-0.39, 0.29) is 11.1 Å². The number of benzene rings is 1. The van der Waals surface area contributed by atoms with Crippen LogP contribution in [0, 0.1) is 0 Å². The molecule has 152 valence electrons. The summed E-state index contributed by atoms with van der Waals surface area (Å²) in [6.45, 7) is 11.2. The summed E-state index contributed by atoms with van der Waals surface area (Å²) in [5.74, 6) is 0. The molecule has 1 aromatic rings. The van der Waals surface area contributed by atoms with E-state index in [9.17, 15) is 13.2 Å². The van der Waals surface area contributed by atoms with Gasteiger partial charge in [-0.05, 0) is 90.6 Å². The van der Waals surface area contributed by atoms with E-state index in [1.807, 2.05) is 6.07 Å². The Hall–Kier alpha value is -1.07. The summed E-state index contributed by atoms with van der Waals surface area (Å²) in [5, 5.41) is 0. The van der Waals surface area contributed by atoms with Crippen molar-refractivity contribution in [2.24, 2.45) is 0 Å². The summed E-state index contributed by atoms with van der Waals surface area (Å²) in [4.78, 5) is 5.21. The first-order valence-electron chi connectivity index (χ1n) is 10.3. The zero-order valence-corrected chi connectivity index (χ0v) is 16.9. The largest absolute Gasteiger partial charge is 0.416 e. The average molecular weight is 383 g/mol. The Morgan fingerprint density at radius 1 is 1.00 bits per heavy atom. The predicted molar refractivity (Wildman–Crippen MR) is 104 cm³/mol. The van der Waals surface area contributed by atoms with Gasteiger partial charge in [-0.3, -0.25) is 9.80 Å². The van der Waals surface area contributed by atoms with E-state index in [1.54, 1.807) is 6.07 Å². The minimum absolute atomic E-state index is 0.0935. The lowest BCUT2D eigenvalue weighted by Gasteiger charge is -2.52. The zero-order chi connectivity index (χ0) is 19.7. The number of piperidine rings is 1. The number of hydrogen-bond donors (Lipinski definition) is 0. The standard InChI is InChI=1S/C22H33F3N2/c1-20(2,3)27-15-7-11-21(17-27,26-13-4-5-14-26)12-10-18-8-6-9-19(16-18)22(23,24)25/h6,8-9,16H,4-5,7,10-15,17H2,1-3H3/t21-/m0/s1. The lowest BCUT2D eigenvalue weighted by Crippen LogP contribution is -2.61. The SMILES string of the molecule is CC(C)(C)N1CCC[C@@](CCc2cccc(C(F)(F)F)c2)(N2CCCC2)C1. The molecule has 3 rings (SSSR count). The molecule has 0 aromatic heterocycles. The fourth-order valence-electron chi connectivity index (χ4n) is 4.78. The van der Waals surface area contributed by atoms with Crippen molar-refractivity contribution in [3.05, 3.63) is 35.4 Å². The summed E-state index contributed by atoms with van der Waals surface area (Å²) >= 11 is 0. The molecule has 0 bridgehead atoms. The summed E-state index contributed by atoms with van der Waals surface area (Å²) in [6, 6.07) is 5.89. The van der Waals surface area contributed by atoms with Crippen LogP contribution >= 0.6 is 0 Å². The topological polar surface area (TPSA) is 6.48 Å². The van der Waals surface area contributed by atoms with E-state index in [1.165, 1.54) is 25.0 Å². The minimum Gasteiger partial charge on any atom is -0.297 e. The molecule has 2 aliphatic heterocycles. The number of halogens is 3. The Morgan fingerprint density at radius 2 is 1.70 bits per heavy atom. The highest BCUT2D eigenvalue weighted by Gasteiger charge is 2.43. The van der Waals surface area contributed by atoms with Crippen molar-refractivity contribution in [3.63, 3.8) is 0 Å². The molecule has 0 aliphatic carbocycles. The van der Waals surface area contributed by atoms with Gasteiger partial charge < -0.3 is 0 Å². The third kappa shape index (κ3) is 4.86. The van der Waals surface area contributed by atoms with Crippen LogP contribution in [-0.2, 0) is 12.6 Å². The van der Waals surface area contributed by atoms with Gasteiger partial charge >= 0.3 is 6.18 Å². The van der Waals surface area contributed by atoms with Gasteiger partial charge in [0.05, 0.1) is 5.56 Å². The summed E-state index contributed by atoms with van der Waals surface area (Å²) in [5.41, 5.74) is 0.490. The lowest BCUT2D eigenvalue weighted by atomic mass is 9.80. The fraction of sp³-hybridized carbons (Fsp3) is 0.727. The van der Waals surface area contributed by atoms with Crippen LogP contribution in [0.2, 0.25) is 0 Å². The normalized spacial score (nSPS) is 25.9. The molecule has 2 saturated heterocycles. The molecule has 0 amide bonds. The zero-order valence-electron chi connectivity index (χ0n) is 16.9. The monoisotopic (exact) mass is 382 g/mol. The Kier molecular flexibility index (Phi) is 5.93. The van der Waals surface area contributed by atoms with Crippen LogP contribution in [0.25, 0.3) is 0 Å². The fourth-order valence-corrected chi connectivity index (χ4v) is 4.78. The first-order valence-corrected chi connectivity index (χ1v) is 10.3.